The molecule has 2 saturated heterocycles. The van der Waals surface area contributed by atoms with Crippen LogP contribution in [0.15, 0.2) is 24.3 Å². The first kappa shape index (κ1) is 16.4. The highest BCUT2D eigenvalue weighted by Gasteiger charge is 2.91. The van der Waals surface area contributed by atoms with Gasteiger partial charge in [0.2, 0.25) is 5.91 Å². The summed E-state index contributed by atoms with van der Waals surface area (Å²) in [7, 11) is 1.79. The van der Waals surface area contributed by atoms with Crippen molar-refractivity contribution in [3.63, 3.8) is 0 Å². The van der Waals surface area contributed by atoms with Crippen molar-refractivity contribution in [2.24, 2.45) is 5.73 Å². The second-order valence-corrected chi connectivity index (χ2v) is 6.34. The van der Waals surface area contributed by atoms with E-state index in [1.54, 1.807) is 44.0 Å². The van der Waals surface area contributed by atoms with E-state index in [4.69, 9.17) is 10.5 Å². The highest BCUT2D eigenvalue weighted by molar-refractivity contribution is 6.09. The quantitative estimate of drug-likeness (QED) is 0.644. The zero-order valence-electron chi connectivity index (χ0n) is 14.2. The fourth-order valence-electron chi connectivity index (χ4n) is 4.04. The number of amides is 2. The van der Waals surface area contributed by atoms with Gasteiger partial charge in [0.05, 0.1) is 23.8 Å². The summed E-state index contributed by atoms with van der Waals surface area (Å²) in [6, 6.07) is 6.28. The largest absolute Gasteiger partial charge is 0.465 e. The van der Waals surface area contributed by atoms with Crippen LogP contribution in [0.5, 0.6) is 0 Å². The van der Waals surface area contributed by atoms with Gasteiger partial charge >= 0.3 is 5.97 Å². The second kappa shape index (κ2) is 5.04. The van der Waals surface area contributed by atoms with Crippen molar-refractivity contribution in [2.75, 3.05) is 13.7 Å². The summed E-state index contributed by atoms with van der Waals surface area (Å²) >= 11 is 0. The van der Waals surface area contributed by atoms with Crippen LogP contribution in [-0.4, -0.2) is 58.5 Å². The third-order valence-corrected chi connectivity index (χ3v) is 5.43. The second-order valence-electron chi connectivity index (χ2n) is 6.34. The molecule has 7 nitrogen and oxygen atoms in total. The van der Waals surface area contributed by atoms with Crippen molar-refractivity contribution in [1.29, 1.82) is 0 Å². The fourth-order valence-corrected chi connectivity index (χ4v) is 4.04. The van der Waals surface area contributed by atoms with E-state index in [1.165, 1.54) is 6.07 Å². The van der Waals surface area contributed by atoms with Crippen molar-refractivity contribution >= 4 is 17.8 Å². The van der Waals surface area contributed by atoms with Gasteiger partial charge in [0.25, 0.3) is 5.91 Å². The highest BCUT2D eigenvalue weighted by atomic mass is 16.5. The molecule has 0 aliphatic carbocycles. The molecule has 2 N–H and O–H groups in total. The van der Waals surface area contributed by atoms with Crippen molar-refractivity contribution in [1.82, 2.24) is 9.80 Å². The number of esters is 1. The summed E-state index contributed by atoms with van der Waals surface area (Å²) in [5, 5.41) is 0. The van der Waals surface area contributed by atoms with Gasteiger partial charge in [-0.15, -0.1) is 0 Å². The number of nitrogens with zero attached hydrogens (tertiary/aromatic N) is 2. The first-order chi connectivity index (χ1) is 11.3. The van der Waals surface area contributed by atoms with Gasteiger partial charge < -0.3 is 15.4 Å². The van der Waals surface area contributed by atoms with Crippen LogP contribution in [0.4, 0.5) is 0 Å². The number of hydrogen-bond donors (Lipinski definition) is 1. The van der Waals surface area contributed by atoms with Crippen LogP contribution >= 0.6 is 0 Å². The van der Waals surface area contributed by atoms with E-state index in [1.807, 2.05) is 11.8 Å². The van der Waals surface area contributed by atoms with Crippen molar-refractivity contribution in [3.05, 3.63) is 35.4 Å². The average molecular weight is 331 g/mol. The van der Waals surface area contributed by atoms with E-state index in [9.17, 15) is 14.4 Å². The van der Waals surface area contributed by atoms with Crippen LogP contribution in [0.3, 0.4) is 0 Å². The maximum atomic E-state index is 13.0. The molecule has 2 heterocycles. The van der Waals surface area contributed by atoms with Crippen LogP contribution in [-0.2, 0) is 9.53 Å². The van der Waals surface area contributed by atoms with Crippen LogP contribution in [0.2, 0.25) is 0 Å². The first-order valence-electron chi connectivity index (χ1n) is 7.89. The van der Waals surface area contributed by atoms with Crippen molar-refractivity contribution in [3.8, 4) is 0 Å². The van der Waals surface area contributed by atoms with Gasteiger partial charge in [-0.3, -0.25) is 14.5 Å². The van der Waals surface area contributed by atoms with Crippen LogP contribution < -0.4 is 5.73 Å². The number of rotatable bonds is 4. The van der Waals surface area contributed by atoms with Crippen LogP contribution in [0.1, 0.15) is 41.5 Å². The third kappa shape index (κ3) is 1.73. The molecule has 0 radical (unpaired) electrons. The lowest BCUT2D eigenvalue weighted by molar-refractivity contribution is -0.147. The molecule has 2 fully saturated rings. The fraction of sp³-hybridized carbons (Fsp3) is 0.471. The molecule has 7 heteroatoms. The molecule has 3 rings (SSSR count). The monoisotopic (exact) mass is 331 g/mol. The lowest BCUT2D eigenvalue weighted by Crippen LogP contribution is -2.31. The van der Waals surface area contributed by atoms with Crippen LogP contribution in [0.25, 0.3) is 0 Å². The standard InChI is InChI=1S/C17H21N3O4/c1-5-24-15(23)16(3)17(19(16)4)10(2)20(17)14(22)12-9-7-6-8-11(12)13(18)21/h6-10H,5H2,1-4H3,(H2,18,21)/t10?,16?,17-,19?,20?/m1/s1. The molecular weight excluding hydrogens is 310 g/mol. The number of primary amides is 1. The molecule has 1 aromatic rings. The Morgan fingerprint density at radius 3 is 2.38 bits per heavy atom. The van der Waals surface area contributed by atoms with Gasteiger partial charge in [-0.05, 0) is 40.0 Å². The van der Waals surface area contributed by atoms with E-state index in [0.29, 0.717) is 0 Å². The van der Waals surface area contributed by atoms with Gasteiger partial charge in [-0.1, -0.05) is 12.1 Å². The predicted octanol–water partition coefficient (Wildman–Crippen LogP) is 0.593. The molecule has 2 aliphatic heterocycles. The lowest BCUT2D eigenvalue weighted by atomic mass is 10.1. The number of benzene rings is 1. The molecule has 0 saturated carbocycles. The Labute approximate surface area is 140 Å². The lowest BCUT2D eigenvalue weighted by Gasteiger charge is -2.09. The molecule has 0 bridgehead atoms. The van der Waals surface area contributed by atoms with Gasteiger partial charge in [0.1, 0.15) is 5.66 Å². The SMILES string of the molecule is CCOC(=O)C1(C)N(C)[C@@]12C(C)N2C(=O)c1ccccc1C(N)=O. The zero-order chi connectivity index (χ0) is 17.9. The highest BCUT2D eigenvalue weighted by Crippen LogP contribution is 2.67. The molecule has 2 aliphatic rings. The summed E-state index contributed by atoms with van der Waals surface area (Å²) in [5.74, 6) is -1.31. The maximum Gasteiger partial charge on any atom is 0.330 e. The summed E-state index contributed by atoms with van der Waals surface area (Å²) in [4.78, 5) is 40.3. The number of ether oxygens (including phenoxy) is 1. The Kier molecular flexibility index (Phi) is 3.46. The molecule has 3 unspecified atom stereocenters. The molecule has 128 valence electrons. The van der Waals surface area contributed by atoms with E-state index < -0.39 is 17.1 Å². The van der Waals surface area contributed by atoms with E-state index >= 15 is 0 Å². The topological polar surface area (TPSA) is 92.5 Å². The maximum absolute atomic E-state index is 13.0. The molecule has 1 spiro atoms. The van der Waals surface area contributed by atoms with Gasteiger partial charge in [-0.2, -0.15) is 0 Å². The zero-order valence-corrected chi connectivity index (χ0v) is 14.2. The smallest absolute Gasteiger partial charge is 0.330 e. The molecule has 0 aromatic heterocycles. The minimum absolute atomic E-state index is 0.162. The Hall–Kier alpha value is -2.41. The van der Waals surface area contributed by atoms with E-state index in [0.717, 1.165) is 0 Å². The number of likely N-dealkylation sites (N-methyl/N-ethyl adjacent to an activating group) is 1. The van der Waals surface area contributed by atoms with Crippen molar-refractivity contribution in [2.45, 2.75) is 38.0 Å². The Morgan fingerprint density at radius 1 is 1.25 bits per heavy atom. The summed E-state index contributed by atoms with van der Waals surface area (Å²) in [5.41, 5.74) is 4.23. The van der Waals surface area contributed by atoms with Gasteiger partial charge in [-0.25, -0.2) is 4.79 Å². The Balaban J connectivity index is 1.93. The Bertz CT molecular complexity index is 749. The Morgan fingerprint density at radius 2 is 1.83 bits per heavy atom. The van der Waals surface area contributed by atoms with E-state index in [2.05, 4.69) is 0 Å². The van der Waals surface area contributed by atoms with Gasteiger partial charge in [0, 0.05) is 0 Å². The van der Waals surface area contributed by atoms with Gasteiger partial charge in [0.15, 0.2) is 5.54 Å². The molecule has 24 heavy (non-hydrogen) atoms. The summed E-state index contributed by atoms with van der Waals surface area (Å²) in [6.45, 7) is 5.68. The number of hydrogen-bond acceptors (Lipinski definition) is 5. The third-order valence-electron chi connectivity index (χ3n) is 5.43. The normalized spacial score (nSPS) is 33.2. The molecule has 4 atom stereocenters. The summed E-state index contributed by atoms with van der Waals surface area (Å²) in [6.07, 6.45) is 0. The average Bonchev–Trinajstić information content (AvgIpc) is 3.34. The molecule has 2 amide bonds. The molecule has 1 aromatic carbocycles. The summed E-state index contributed by atoms with van der Waals surface area (Å²) < 4.78 is 5.17. The van der Waals surface area contributed by atoms with Crippen molar-refractivity contribution < 1.29 is 19.1 Å². The minimum Gasteiger partial charge on any atom is -0.465 e. The van der Waals surface area contributed by atoms with E-state index in [-0.39, 0.29) is 35.7 Å². The van der Waals surface area contributed by atoms with Crippen LogP contribution in [0, 0.1) is 0 Å². The number of carbonyl (C=O) groups is 3. The number of nitrogens with two attached hydrogens (primary N) is 1. The number of carbonyl (C=O) groups excluding carboxylic acids is 3. The molecular formula is C17H21N3O4. The predicted molar refractivity (Wildman–Crippen MR) is 86.1 cm³/mol. The first-order valence-corrected chi connectivity index (χ1v) is 7.89. The minimum atomic E-state index is -0.875.